The molecule has 0 spiro atoms. The molecule has 3 heterocycles. The third-order valence-electron chi connectivity index (χ3n) is 4.51. The van der Waals surface area contributed by atoms with Crippen LogP contribution in [0.3, 0.4) is 0 Å². The van der Waals surface area contributed by atoms with Crippen LogP contribution in [0.2, 0.25) is 0 Å². The fourth-order valence-electron chi connectivity index (χ4n) is 2.78. The van der Waals surface area contributed by atoms with Crippen LogP contribution >= 0.6 is 23.1 Å². The first kappa shape index (κ1) is 22.6. The van der Waals surface area contributed by atoms with E-state index in [1.54, 1.807) is 6.92 Å². The lowest BCUT2D eigenvalue weighted by Gasteiger charge is -2.49. The molecular formula is C17H19N5O7S2. The minimum atomic E-state index is -1.73. The van der Waals surface area contributed by atoms with Crippen LogP contribution in [0.4, 0.5) is 5.13 Å². The number of nitrogen functional groups attached to an aromatic ring is 1. The van der Waals surface area contributed by atoms with Gasteiger partial charge in [-0.2, -0.15) is 0 Å². The van der Waals surface area contributed by atoms with Crippen LogP contribution in [0.1, 0.15) is 26.5 Å². The average molecular weight is 470 g/mol. The number of rotatable bonds is 7. The molecule has 0 aliphatic carbocycles. The molecule has 0 radical (unpaired) electrons. The Morgan fingerprint density at radius 3 is 2.61 bits per heavy atom. The number of amides is 2. The van der Waals surface area contributed by atoms with Crippen LogP contribution in [-0.4, -0.2) is 72.3 Å². The lowest BCUT2D eigenvalue weighted by atomic mass is 10.0. The highest BCUT2D eigenvalue weighted by Crippen LogP contribution is 2.40. The molecule has 0 aromatic carbocycles. The Bertz CT molecular complexity index is 1030. The Balaban J connectivity index is 1.83. The monoisotopic (exact) mass is 469 g/mol. The maximum atomic E-state index is 12.9. The number of nitrogens with two attached hydrogens (primary N) is 1. The molecule has 2 amide bonds. The van der Waals surface area contributed by atoms with Crippen molar-refractivity contribution >= 4 is 57.7 Å². The first-order valence-electron chi connectivity index (χ1n) is 8.83. The zero-order valence-corrected chi connectivity index (χ0v) is 18.2. The molecule has 1 fully saturated rings. The molecule has 2 atom stereocenters. The van der Waals surface area contributed by atoms with E-state index in [9.17, 15) is 29.4 Å². The van der Waals surface area contributed by atoms with Crippen LogP contribution in [0.5, 0.6) is 0 Å². The van der Waals surface area contributed by atoms with Crippen molar-refractivity contribution in [2.24, 2.45) is 5.16 Å². The second-order valence-electron chi connectivity index (χ2n) is 7.21. The SMILES string of the molecule is CC1=C(C(=O)O)N2C(=O)[C@@H](NC(=O)/C(=N\OC(C)(C)C(=O)O)c3csc(N)n3)[C@H]2SC1. The Morgan fingerprint density at radius 1 is 1.39 bits per heavy atom. The first-order chi connectivity index (χ1) is 14.4. The Labute approximate surface area is 184 Å². The number of carboxylic acids is 2. The second-order valence-corrected chi connectivity index (χ2v) is 9.21. The van der Waals surface area contributed by atoms with Gasteiger partial charge in [0.25, 0.3) is 11.8 Å². The summed E-state index contributed by atoms with van der Waals surface area (Å²) >= 11 is 2.35. The predicted octanol–water partition coefficient (Wildman–Crippen LogP) is 0.0677. The van der Waals surface area contributed by atoms with E-state index >= 15 is 0 Å². The standard InChI is InChI=1S/C17H19N5O7S2/c1-6-4-30-13-9(12(24)22(13)10(6)14(25)26)20-11(23)8(7-5-31-16(18)19-7)21-29-17(2,3)15(27)28/h5,9,13H,4H2,1-3H3,(H2,18,19)(H,20,23)(H,25,26)(H,27,28)/b21-8-/t9-,13-/m1/s1. The van der Waals surface area contributed by atoms with E-state index in [1.165, 1.54) is 31.0 Å². The highest BCUT2D eigenvalue weighted by molar-refractivity contribution is 8.00. The van der Waals surface area contributed by atoms with Crippen molar-refractivity contribution in [1.82, 2.24) is 15.2 Å². The van der Waals surface area contributed by atoms with Crippen molar-refractivity contribution in [2.75, 3.05) is 11.5 Å². The average Bonchev–Trinajstić information content (AvgIpc) is 3.11. The smallest absolute Gasteiger partial charge is 0.352 e. The summed E-state index contributed by atoms with van der Waals surface area (Å²) in [6.07, 6.45) is 0. The molecule has 1 saturated heterocycles. The van der Waals surface area contributed by atoms with Gasteiger partial charge in [0.15, 0.2) is 10.8 Å². The number of carboxylic acid groups (broad SMARTS) is 2. The van der Waals surface area contributed by atoms with Gasteiger partial charge >= 0.3 is 11.9 Å². The number of carbonyl (C=O) groups excluding carboxylic acids is 2. The number of aliphatic carboxylic acids is 2. The van der Waals surface area contributed by atoms with Gasteiger partial charge in [-0.3, -0.25) is 14.5 Å². The van der Waals surface area contributed by atoms with E-state index in [0.29, 0.717) is 11.3 Å². The second kappa shape index (κ2) is 8.19. The van der Waals surface area contributed by atoms with Crippen molar-refractivity contribution < 1.29 is 34.2 Å². The highest BCUT2D eigenvalue weighted by atomic mass is 32.2. The van der Waals surface area contributed by atoms with Gasteiger partial charge in [0.05, 0.1) is 0 Å². The lowest BCUT2D eigenvalue weighted by molar-refractivity contribution is -0.161. The molecule has 14 heteroatoms. The number of nitrogens with one attached hydrogen (secondary N) is 1. The van der Waals surface area contributed by atoms with Gasteiger partial charge in [0, 0.05) is 11.1 Å². The van der Waals surface area contributed by atoms with Crippen LogP contribution in [0.15, 0.2) is 21.8 Å². The minimum Gasteiger partial charge on any atom is -0.478 e. The molecule has 3 rings (SSSR count). The number of thioether (sulfide) groups is 1. The summed E-state index contributed by atoms with van der Waals surface area (Å²) in [5.41, 5.74) is 4.03. The van der Waals surface area contributed by atoms with Gasteiger partial charge in [-0.25, -0.2) is 14.6 Å². The molecule has 5 N–H and O–H groups in total. The molecule has 1 aromatic heterocycles. The topological polar surface area (TPSA) is 185 Å². The third-order valence-corrected chi connectivity index (χ3v) is 6.61. The summed E-state index contributed by atoms with van der Waals surface area (Å²) in [6.45, 7) is 4.13. The van der Waals surface area contributed by atoms with Gasteiger partial charge in [0.2, 0.25) is 5.60 Å². The number of hydrogen-bond acceptors (Lipinski definition) is 10. The number of fused-ring (bicyclic) bond motifs is 1. The van der Waals surface area contributed by atoms with E-state index < -0.39 is 40.8 Å². The van der Waals surface area contributed by atoms with Crippen LogP contribution < -0.4 is 11.1 Å². The highest BCUT2D eigenvalue weighted by Gasteiger charge is 2.54. The number of thiazole rings is 1. The summed E-state index contributed by atoms with van der Waals surface area (Å²) < 4.78 is 0. The van der Waals surface area contributed by atoms with Crippen molar-refractivity contribution in [3.05, 3.63) is 22.3 Å². The van der Waals surface area contributed by atoms with Crippen molar-refractivity contribution in [2.45, 2.75) is 37.8 Å². The predicted molar refractivity (Wildman–Crippen MR) is 111 cm³/mol. The van der Waals surface area contributed by atoms with E-state index in [2.05, 4.69) is 15.5 Å². The van der Waals surface area contributed by atoms with Gasteiger partial charge in [-0.15, -0.1) is 23.1 Å². The zero-order chi connectivity index (χ0) is 23.1. The maximum Gasteiger partial charge on any atom is 0.352 e. The number of hydrogen-bond donors (Lipinski definition) is 4. The van der Waals surface area contributed by atoms with Crippen LogP contribution in [-0.2, 0) is 24.0 Å². The summed E-state index contributed by atoms with van der Waals surface area (Å²) in [7, 11) is 0. The number of carbonyl (C=O) groups is 4. The van der Waals surface area contributed by atoms with Crippen molar-refractivity contribution in [1.29, 1.82) is 0 Å². The number of aromatic nitrogens is 1. The van der Waals surface area contributed by atoms with Crippen LogP contribution in [0.25, 0.3) is 0 Å². The van der Waals surface area contributed by atoms with Crippen LogP contribution in [0, 0.1) is 0 Å². The normalized spacial score (nSPS) is 21.3. The minimum absolute atomic E-state index is 0.0445. The maximum absolute atomic E-state index is 12.9. The first-order valence-corrected chi connectivity index (χ1v) is 10.8. The fourth-order valence-corrected chi connectivity index (χ4v) is 4.63. The zero-order valence-electron chi connectivity index (χ0n) is 16.6. The van der Waals surface area contributed by atoms with Gasteiger partial charge in [-0.1, -0.05) is 5.16 Å². The van der Waals surface area contributed by atoms with Gasteiger partial charge < -0.3 is 26.1 Å². The molecule has 166 valence electrons. The lowest BCUT2D eigenvalue weighted by Crippen LogP contribution is -2.71. The molecule has 0 saturated carbocycles. The summed E-state index contributed by atoms with van der Waals surface area (Å²) in [5.74, 6) is -3.55. The molecule has 2 aliphatic rings. The summed E-state index contributed by atoms with van der Waals surface area (Å²) in [6, 6.07) is -0.992. The fraction of sp³-hybridized carbons (Fsp3) is 0.412. The number of nitrogens with zero attached hydrogens (tertiary/aromatic N) is 3. The largest absolute Gasteiger partial charge is 0.478 e. The van der Waals surface area contributed by atoms with E-state index in [4.69, 9.17) is 10.6 Å². The van der Waals surface area contributed by atoms with Gasteiger partial charge in [0.1, 0.15) is 22.8 Å². The summed E-state index contributed by atoms with van der Waals surface area (Å²) in [5, 5.41) is 25.8. The van der Waals surface area contributed by atoms with E-state index in [-0.39, 0.29) is 22.2 Å². The molecule has 0 unspecified atom stereocenters. The van der Waals surface area contributed by atoms with E-state index in [1.807, 2.05) is 0 Å². The van der Waals surface area contributed by atoms with Gasteiger partial charge in [-0.05, 0) is 26.3 Å². The molecule has 12 nitrogen and oxygen atoms in total. The molecule has 1 aromatic rings. The Kier molecular flexibility index (Phi) is 5.96. The molecule has 0 bridgehead atoms. The molecule has 2 aliphatic heterocycles. The third kappa shape index (κ3) is 4.20. The number of oxime groups is 1. The Hall–Kier alpha value is -3.13. The number of anilines is 1. The molecule has 31 heavy (non-hydrogen) atoms. The summed E-state index contributed by atoms with van der Waals surface area (Å²) in [4.78, 5) is 58.4. The molecular weight excluding hydrogens is 450 g/mol. The van der Waals surface area contributed by atoms with E-state index in [0.717, 1.165) is 16.2 Å². The van der Waals surface area contributed by atoms with Crippen molar-refractivity contribution in [3.63, 3.8) is 0 Å². The number of β-lactam (4-membered cyclic amide) rings is 1. The quantitative estimate of drug-likeness (QED) is 0.242. The van der Waals surface area contributed by atoms with Crippen molar-refractivity contribution in [3.8, 4) is 0 Å². The Morgan fingerprint density at radius 2 is 2.06 bits per heavy atom.